The second-order valence-electron chi connectivity index (χ2n) is 7.86. The minimum absolute atomic E-state index is 0.0966. The van der Waals surface area contributed by atoms with Gasteiger partial charge in [0.15, 0.2) is 5.11 Å². The molecule has 0 unspecified atom stereocenters. The van der Waals surface area contributed by atoms with Gasteiger partial charge in [0.1, 0.15) is 5.75 Å². The Morgan fingerprint density at radius 1 is 0.967 bits per heavy atom. The zero-order valence-electron chi connectivity index (χ0n) is 17.9. The summed E-state index contributed by atoms with van der Waals surface area (Å²) in [5, 5.41) is 8.63. The summed E-state index contributed by atoms with van der Waals surface area (Å²) in [5.74, 6) is -0.0955. The van der Waals surface area contributed by atoms with E-state index in [1.807, 2.05) is 26.8 Å². The number of carbonyl (C=O) groups is 2. The summed E-state index contributed by atoms with van der Waals surface area (Å²) in [6.45, 7) is 8.34. The number of hydrogen-bond acceptors (Lipinski definition) is 4. The highest BCUT2D eigenvalue weighted by atomic mass is 32.1. The molecule has 0 aliphatic rings. The lowest BCUT2D eigenvalue weighted by Crippen LogP contribution is -2.41. The van der Waals surface area contributed by atoms with Crippen molar-refractivity contribution in [2.75, 3.05) is 11.9 Å². The van der Waals surface area contributed by atoms with Gasteiger partial charge in [-0.15, -0.1) is 0 Å². The van der Waals surface area contributed by atoms with Crippen molar-refractivity contribution in [2.45, 2.75) is 46.1 Å². The lowest BCUT2D eigenvalue weighted by molar-refractivity contribution is 0.0919. The summed E-state index contributed by atoms with van der Waals surface area (Å²) in [5.41, 5.74) is 0.973. The second-order valence-corrected chi connectivity index (χ2v) is 8.26. The first-order chi connectivity index (χ1) is 14.2. The molecule has 2 amide bonds. The largest absolute Gasteiger partial charge is 0.493 e. The molecule has 0 radical (unpaired) electrons. The van der Waals surface area contributed by atoms with E-state index >= 15 is 0 Å². The monoisotopic (exact) mass is 427 g/mol. The fourth-order valence-corrected chi connectivity index (χ4v) is 2.83. The first-order valence-electron chi connectivity index (χ1n) is 9.97. The van der Waals surface area contributed by atoms with Gasteiger partial charge in [-0.2, -0.15) is 0 Å². The molecular weight excluding hydrogens is 398 g/mol. The highest BCUT2D eigenvalue weighted by molar-refractivity contribution is 7.80. The topological polar surface area (TPSA) is 79.5 Å². The molecule has 2 aromatic carbocycles. The van der Waals surface area contributed by atoms with Gasteiger partial charge in [-0.25, -0.2) is 0 Å². The number of nitrogens with one attached hydrogen (secondary N) is 3. The summed E-state index contributed by atoms with van der Waals surface area (Å²) >= 11 is 5.30. The van der Waals surface area contributed by atoms with Crippen molar-refractivity contribution in [3.63, 3.8) is 0 Å². The second kappa shape index (κ2) is 10.7. The standard InChI is InChI=1S/C23H29N3O3S/c1-5-6-15-29-19-14-10-8-12-17(19)20(27)25-22(30)24-18-13-9-7-11-16(18)21(28)26-23(2,3)4/h7-14H,5-6,15H2,1-4H3,(H,26,28)(H2,24,25,27,30). The van der Waals surface area contributed by atoms with Crippen LogP contribution in [0, 0.1) is 0 Å². The van der Waals surface area contributed by atoms with Crippen molar-refractivity contribution < 1.29 is 14.3 Å². The van der Waals surface area contributed by atoms with Gasteiger partial charge in [-0.3, -0.25) is 14.9 Å². The molecule has 2 rings (SSSR count). The first-order valence-corrected chi connectivity index (χ1v) is 10.4. The molecule has 0 fully saturated rings. The van der Waals surface area contributed by atoms with Gasteiger partial charge in [-0.05, 0) is 63.7 Å². The van der Waals surface area contributed by atoms with Crippen LogP contribution in [0.25, 0.3) is 0 Å². The third-order valence-electron chi connectivity index (χ3n) is 4.02. The summed E-state index contributed by atoms with van der Waals surface area (Å²) in [6.07, 6.45) is 1.91. The van der Waals surface area contributed by atoms with Crippen LogP contribution >= 0.6 is 12.2 Å². The summed E-state index contributed by atoms with van der Waals surface area (Å²) in [4.78, 5) is 25.3. The quantitative estimate of drug-likeness (QED) is 0.447. The molecule has 160 valence electrons. The molecule has 0 atom stereocenters. The van der Waals surface area contributed by atoms with Crippen molar-refractivity contribution in [1.82, 2.24) is 10.6 Å². The van der Waals surface area contributed by atoms with Crippen LogP contribution in [0.2, 0.25) is 0 Å². The maximum atomic E-state index is 12.7. The average Bonchev–Trinajstić information content (AvgIpc) is 2.67. The Morgan fingerprint density at radius 3 is 2.27 bits per heavy atom. The van der Waals surface area contributed by atoms with Crippen LogP contribution in [0.5, 0.6) is 5.75 Å². The third-order valence-corrected chi connectivity index (χ3v) is 4.23. The number of hydrogen-bond donors (Lipinski definition) is 3. The van der Waals surface area contributed by atoms with E-state index in [4.69, 9.17) is 17.0 Å². The highest BCUT2D eigenvalue weighted by Gasteiger charge is 2.19. The molecule has 0 spiro atoms. The van der Waals surface area contributed by atoms with E-state index in [0.717, 1.165) is 12.8 Å². The van der Waals surface area contributed by atoms with Crippen LogP contribution in [0.15, 0.2) is 48.5 Å². The molecule has 0 saturated heterocycles. The molecule has 0 aromatic heterocycles. The van der Waals surface area contributed by atoms with Crippen LogP contribution < -0.4 is 20.7 Å². The molecule has 0 aliphatic heterocycles. The van der Waals surface area contributed by atoms with Crippen LogP contribution in [0.3, 0.4) is 0 Å². The normalized spacial score (nSPS) is 10.8. The number of rotatable bonds is 7. The number of para-hydroxylation sites is 2. The van der Waals surface area contributed by atoms with Gasteiger partial charge in [0, 0.05) is 5.54 Å². The SMILES string of the molecule is CCCCOc1ccccc1C(=O)NC(=S)Nc1ccccc1C(=O)NC(C)(C)C. The average molecular weight is 428 g/mol. The number of unbranched alkanes of at least 4 members (excludes halogenated alkanes) is 1. The highest BCUT2D eigenvalue weighted by Crippen LogP contribution is 2.19. The van der Waals surface area contributed by atoms with Crippen molar-refractivity contribution in [1.29, 1.82) is 0 Å². The first kappa shape index (κ1) is 23.3. The van der Waals surface area contributed by atoms with Crippen molar-refractivity contribution in [3.8, 4) is 5.75 Å². The Labute approximate surface area is 183 Å². The van der Waals surface area contributed by atoms with Gasteiger partial charge in [0.05, 0.1) is 23.4 Å². The fraction of sp³-hybridized carbons (Fsp3) is 0.348. The van der Waals surface area contributed by atoms with E-state index in [0.29, 0.717) is 29.2 Å². The van der Waals surface area contributed by atoms with E-state index in [9.17, 15) is 9.59 Å². The molecule has 0 bridgehead atoms. The Hall–Kier alpha value is -2.93. The van der Waals surface area contributed by atoms with E-state index < -0.39 is 0 Å². The lowest BCUT2D eigenvalue weighted by atomic mass is 10.1. The number of anilines is 1. The molecule has 6 nitrogen and oxygen atoms in total. The summed E-state index contributed by atoms with van der Waals surface area (Å²) in [7, 11) is 0. The fourth-order valence-electron chi connectivity index (χ4n) is 2.63. The molecule has 0 heterocycles. The van der Waals surface area contributed by atoms with Gasteiger partial charge in [0.2, 0.25) is 0 Å². The number of benzene rings is 2. The Kier molecular flexibility index (Phi) is 8.35. The van der Waals surface area contributed by atoms with Crippen LogP contribution in [-0.4, -0.2) is 29.1 Å². The van der Waals surface area contributed by atoms with Crippen molar-refractivity contribution in [3.05, 3.63) is 59.7 Å². The number of amides is 2. The van der Waals surface area contributed by atoms with Gasteiger partial charge in [-0.1, -0.05) is 37.6 Å². The Bertz CT molecular complexity index is 907. The van der Waals surface area contributed by atoms with Crippen LogP contribution in [0.4, 0.5) is 5.69 Å². The molecular formula is C23H29N3O3S. The minimum Gasteiger partial charge on any atom is -0.493 e. The van der Waals surface area contributed by atoms with Crippen molar-refractivity contribution in [2.24, 2.45) is 0 Å². The predicted octanol–water partition coefficient (Wildman–Crippen LogP) is 4.52. The van der Waals surface area contributed by atoms with Gasteiger partial charge >= 0.3 is 0 Å². The van der Waals surface area contributed by atoms with E-state index in [2.05, 4.69) is 22.9 Å². The molecule has 3 N–H and O–H groups in total. The maximum Gasteiger partial charge on any atom is 0.261 e. The molecule has 0 saturated carbocycles. The molecule has 0 aliphatic carbocycles. The number of thiocarbonyl (C=S) groups is 1. The third kappa shape index (κ3) is 7.15. The van der Waals surface area contributed by atoms with Crippen LogP contribution in [-0.2, 0) is 0 Å². The van der Waals surface area contributed by atoms with Gasteiger partial charge in [0.25, 0.3) is 11.8 Å². The zero-order chi connectivity index (χ0) is 22.1. The minimum atomic E-state index is -0.378. The number of carbonyl (C=O) groups excluding carboxylic acids is 2. The molecule has 7 heteroatoms. The van der Waals surface area contributed by atoms with E-state index in [1.165, 1.54) is 0 Å². The Morgan fingerprint density at radius 2 is 1.60 bits per heavy atom. The smallest absolute Gasteiger partial charge is 0.261 e. The summed E-state index contributed by atoms with van der Waals surface area (Å²) in [6, 6.07) is 14.0. The molecule has 30 heavy (non-hydrogen) atoms. The summed E-state index contributed by atoms with van der Waals surface area (Å²) < 4.78 is 5.72. The van der Waals surface area contributed by atoms with E-state index in [1.54, 1.807) is 42.5 Å². The lowest BCUT2D eigenvalue weighted by Gasteiger charge is -2.22. The number of ether oxygens (including phenoxy) is 1. The predicted molar refractivity (Wildman–Crippen MR) is 124 cm³/mol. The van der Waals surface area contributed by atoms with Crippen molar-refractivity contribution >= 4 is 34.8 Å². The maximum absolute atomic E-state index is 12.7. The Balaban J connectivity index is 2.09. The van der Waals surface area contributed by atoms with E-state index in [-0.39, 0.29) is 22.5 Å². The zero-order valence-corrected chi connectivity index (χ0v) is 18.7. The van der Waals surface area contributed by atoms with Crippen LogP contribution in [0.1, 0.15) is 61.3 Å². The van der Waals surface area contributed by atoms with Gasteiger partial charge < -0.3 is 15.4 Å². The molecule has 2 aromatic rings.